The SMILES string of the molecule is O[C@@H](c1ccc(Br)cc1)[C@H](CN1CCCCCC1)c1ccccc1. The van der Waals surface area contributed by atoms with Crippen LogP contribution in [0.3, 0.4) is 0 Å². The van der Waals surface area contributed by atoms with Gasteiger partial charge in [-0.05, 0) is 49.2 Å². The van der Waals surface area contributed by atoms with Crippen LogP contribution in [0.5, 0.6) is 0 Å². The molecule has 2 nitrogen and oxygen atoms in total. The van der Waals surface area contributed by atoms with Crippen LogP contribution in [0, 0.1) is 0 Å². The summed E-state index contributed by atoms with van der Waals surface area (Å²) in [5.41, 5.74) is 2.21. The van der Waals surface area contributed by atoms with Crippen LogP contribution in [-0.4, -0.2) is 29.6 Å². The van der Waals surface area contributed by atoms with Crippen molar-refractivity contribution >= 4 is 15.9 Å². The normalized spacial score (nSPS) is 18.8. The van der Waals surface area contributed by atoms with E-state index in [1.807, 2.05) is 30.3 Å². The van der Waals surface area contributed by atoms with Crippen LogP contribution in [0.25, 0.3) is 0 Å². The van der Waals surface area contributed by atoms with Crippen LogP contribution >= 0.6 is 15.9 Å². The smallest absolute Gasteiger partial charge is 0.0870 e. The predicted octanol–water partition coefficient (Wildman–Crippen LogP) is 5.14. The minimum absolute atomic E-state index is 0.102. The van der Waals surface area contributed by atoms with E-state index in [-0.39, 0.29) is 5.92 Å². The first-order valence-electron chi connectivity index (χ1n) is 8.95. The Hall–Kier alpha value is -1.16. The molecule has 0 aromatic heterocycles. The molecular weight excluding hydrogens is 362 g/mol. The standard InChI is InChI=1S/C21H26BrNO/c22-19-12-10-18(11-13-19)21(24)20(17-8-4-3-5-9-17)16-23-14-6-1-2-7-15-23/h3-5,8-13,20-21,24H,1-2,6-7,14-16H2/t20-,21+/m1/s1. The minimum Gasteiger partial charge on any atom is -0.388 e. The molecule has 1 fully saturated rings. The summed E-state index contributed by atoms with van der Waals surface area (Å²) in [5.74, 6) is 0.102. The number of hydrogen-bond donors (Lipinski definition) is 1. The van der Waals surface area contributed by atoms with Gasteiger partial charge in [-0.3, -0.25) is 0 Å². The highest BCUT2D eigenvalue weighted by Crippen LogP contribution is 2.33. The molecule has 0 saturated carbocycles. The van der Waals surface area contributed by atoms with Crippen LogP contribution in [-0.2, 0) is 0 Å². The van der Waals surface area contributed by atoms with E-state index in [4.69, 9.17) is 0 Å². The van der Waals surface area contributed by atoms with E-state index in [0.29, 0.717) is 0 Å². The van der Waals surface area contributed by atoms with Crippen LogP contribution in [0.2, 0.25) is 0 Å². The summed E-state index contributed by atoms with van der Waals surface area (Å²) in [7, 11) is 0. The molecule has 3 heteroatoms. The van der Waals surface area contributed by atoms with Gasteiger partial charge in [0.1, 0.15) is 0 Å². The molecule has 0 radical (unpaired) electrons. The van der Waals surface area contributed by atoms with E-state index in [1.165, 1.54) is 31.2 Å². The molecule has 0 aliphatic carbocycles. The van der Waals surface area contributed by atoms with Crippen molar-refractivity contribution in [1.82, 2.24) is 4.90 Å². The molecule has 2 aromatic rings. The van der Waals surface area contributed by atoms with Crippen molar-refractivity contribution in [1.29, 1.82) is 0 Å². The summed E-state index contributed by atoms with van der Waals surface area (Å²) < 4.78 is 1.04. The Morgan fingerprint density at radius 3 is 2.08 bits per heavy atom. The van der Waals surface area contributed by atoms with Crippen molar-refractivity contribution in [3.63, 3.8) is 0 Å². The number of benzene rings is 2. The quantitative estimate of drug-likeness (QED) is 0.767. The van der Waals surface area contributed by atoms with Crippen LogP contribution in [0.4, 0.5) is 0 Å². The van der Waals surface area contributed by atoms with Crippen LogP contribution < -0.4 is 0 Å². The number of likely N-dealkylation sites (tertiary alicyclic amines) is 1. The summed E-state index contributed by atoms with van der Waals surface area (Å²) in [6.45, 7) is 3.22. The molecule has 2 atom stereocenters. The zero-order valence-corrected chi connectivity index (χ0v) is 15.7. The van der Waals surface area contributed by atoms with Crippen molar-refractivity contribution in [2.45, 2.75) is 37.7 Å². The van der Waals surface area contributed by atoms with Crippen molar-refractivity contribution < 1.29 is 5.11 Å². The average molecular weight is 388 g/mol. The number of hydrogen-bond acceptors (Lipinski definition) is 2. The van der Waals surface area contributed by atoms with Crippen molar-refractivity contribution in [2.24, 2.45) is 0 Å². The Bertz CT molecular complexity index is 605. The van der Waals surface area contributed by atoms with Gasteiger partial charge >= 0.3 is 0 Å². The molecule has 0 unspecified atom stereocenters. The van der Waals surface area contributed by atoms with Gasteiger partial charge < -0.3 is 10.0 Å². The summed E-state index contributed by atoms with van der Waals surface area (Å²) in [6.07, 6.45) is 4.73. The van der Waals surface area contributed by atoms with Gasteiger partial charge in [0.15, 0.2) is 0 Å². The number of rotatable bonds is 5. The highest BCUT2D eigenvalue weighted by atomic mass is 79.9. The first kappa shape index (κ1) is 17.7. The zero-order valence-electron chi connectivity index (χ0n) is 14.1. The van der Waals surface area contributed by atoms with E-state index in [1.54, 1.807) is 0 Å². The van der Waals surface area contributed by atoms with E-state index < -0.39 is 6.10 Å². The first-order valence-corrected chi connectivity index (χ1v) is 9.74. The molecule has 1 aliphatic heterocycles. The van der Waals surface area contributed by atoms with Gasteiger partial charge in [-0.15, -0.1) is 0 Å². The van der Waals surface area contributed by atoms with Gasteiger partial charge in [-0.2, -0.15) is 0 Å². The Balaban J connectivity index is 1.82. The highest BCUT2D eigenvalue weighted by molar-refractivity contribution is 9.10. The molecule has 0 bridgehead atoms. The number of nitrogens with zero attached hydrogens (tertiary/aromatic N) is 1. The third-order valence-electron chi connectivity index (χ3n) is 4.97. The lowest BCUT2D eigenvalue weighted by Gasteiger charge is -2.30. The minimum atomic E-state index is -0.483. The molecule has 3 rings (SSSR count). The Morgan fingerprint density at radius 2 is 1.46 bits per heavy atom. The van der Waals surface area contributed by atoms with Gasteiger partial charge in [0, 0.05) is 16.9 Å². The molecule has 0 spiro atoms. The lowest BCUT2D eigenvalue weighted by atomic mass is 9.88. The monoisotopic (exact) mass is 387 g/mol. The lowest BCUT2D eigenvalue weighted by molar-refractivity contribution is 0.117. The third kappa shape index (κ3) is 4.69. The predicted molar refractivity (Wildman–Crippen MR) is 103 cm³/mol. The Kier molecular flexibility index (Phi) is 6.47. The fourth-order valence-electron chi connectivity index (χ4n) is 3.58. The molecule has 128 valence electrons. The number of aliphatic hydroxyl groups excluding tert-OH is 1. The maximum atomic E-state index is 11.1. The number of halogens is 1. The molecule has 24 heavy (non-hydrogen) atoms. The van der Waals surface area contributed by atoms with E-state index in [2.05, 4.69) is 45.1 Å². The van der Waals surface area contributed by atoms with Crippen LogP contribution in [0.1, 0.15) is 48.8 Å². The highest BCUT2D eigenvalue weighted by Gasteiger charge is 2.25. The van der Waals surface area contributed by atoms with Crippen molar-refractivity contribution in [3.8, 4) is 0 Å². The zero-order chi connectivity index (χ0) is 16.8. The maximum absolute atomic E-state index is 11.1. The van der Waals surface area contributed by atoms with Gasteiger partial charge in [-0.1, -0.05) is 71.2 Å². The van der Waals surface area contributed by atoms with Gasteiger partial charge in [-0.25, -0.2) is 0 Å². The van der Waals surface area contributed by atoms with Crippen molar-refractivity contribution in [3.05, 3.63) is 70.2 Å². The second kappa shape index (κ2) is 8.80. The van der Waals surface area contributed by atoms with E-state index >= 15 is 0 Å². The lowest BCUT2D eigenvalue weighted by Crippen LogP contribution is -2.32. The second-order valence-corrected chi connectivity index (χ2v) is 7.64. The molecular formula is C21H26BrNO. The summed E-state index contributed by atoms with van der Waals surface area (Å²) in [6, 6.07) is 18.5. The second-order valence-electron chi connectivity index (χ2n) is 6.73. The summed E-state index contributed by atoms with van der Waals surface area (Å²) >= 11 is 3.47. The van der Waals surface area contributed by atoms with Gasteiger partial charge in [0.2, 0.25) is 0 Å². The molecule has 1 saturated heterocycles. The molecule has 2 aromatic carbocycles. The molecule has 1 aliphatic rings. The van der Waals surface area contributed by atoms with Crippen molar-refractivity contribution in [2.75, 3.05) is 19.6 Å². The van der Waals surface area contributed by atoms with E-state index in [9.17, 15) is 5.11 Å². The largest absolute Gasteiger partial charge is 0.388 e. The average Bonchev–Trinajstić information content (AvgIpc) is 2.89. The molecule has 1 N–H and O–H groups in total. The Morgan fingerprint density at radius 1 is 0.833 bits per heavy atom. The van der Waals surface area contributed by atoms with Gasteiger partial charge in [0.05, 0.1) is 6.10 Å². The van der Waals surface area contributed by atoms with Crippen LogP contribution in [0.15, 0.2) is 59.1 Å². The molecule has 0 amide bonds. The maximum Gasteiger partial charge on any atom is 0.0870 e. The fraction of sp³-hybridized carbons (Fsp3) is 0.429. The molecule has 1 heterocycles. The summed E-state index contributed by atoms with van der Waals surface area (Å²) in [4.78, 5) is 2.53. The Labute approximate surface area is 153 Å². The topological polar surface area (TPSA) is 23.5 Å². The van der Waals surface area contributed by atoms with Gasteiger partial charge in [0.25, 0.3) is 0 Å². The first-order chi connectivity index (χ1) is 11.7. The third-order valence-corrected chi connectivity index (χ3v) is 5.50. The van der Waals surface area contributed by atoms with E-state index in [0.717, 1.165) is 29.7 Å². The fourth-order valence-corrected chi connectivity index (χ4v) is 3.84. The number of aliphatic hydroxyl groups is 1. The summed E-state index contributed by atoms with van der Waals surface area (Å²) in [5, 5.41) is 11.1.